The Bertz CT molecular complexity index is 1360. The predicted molar refractivity (Wildman–Crippen MR) is 123 cm³/mol. The molecule has 0 aliphatic carbocycles. The molecule has 1 amide bonds. The minimum Gasteiger partial charge on any atom is -0.346 e. The molecule has 5 aromatic rings. The van der Waals surface area contributed by atoms with Crippen molar-refractivity contribution in [2.24, 2.45) is 0 Å². The van der Waals surface area contributed by atoms with E-state index in [0.29, 0.717) is 0 Å². The van der Waals surface area contributed by atoms with Crippen LogP contribution in [0, 0.1) is 0 Å². The molecule has 0 aliphatic heterocycles. The van der Waals surface area contributed by atoms with Crippen LogP contribution >= 0.6 is 0 Å². The number of hydrogen-bond acceptors (Lipinski definition) is 5. The van der Waals surface area contributed by atoms with E-state index in [4.69, 9.17) is 0 Å². The lowest BCUT2D eigenvalue weighted by Crippen LogP contribution is -2.28. The van der Waals surface area contributed by atoms with Crippen LogP contribution < -0.4 is 5.32 Å². The molecule has 4 aromatic heterocycles. The summed E-state index contributed by atoms with van der Waals surface area (Å²) < 4.78 is 0. The van der Waals surface area contributed by atoms with Gasteiger partial charge in [0.25, 0.3) is 5.91 Å². The quantitative estimate of drug-likeness (QED) is 0.434. The summed E-state index contributed by atoms with van der Waals surface area (Å²) in [4.78, 5) is 33.0. The Kier molecular flexibility index (Phi) is 5.13. The number of carbonyl (C=O) groups is 1. The predicted octanol–water partition coefficient (Wildman–Crippen LogP) is 4.57. The molecule has 0 spiro atoms. The van der Waals surface area contributed by atoms with Crippen LogP contribution in [0.3, 0.4) is 0 Å². The van der Waals surface area contributed by atoms with E-state index in [1.165, 1.54) is 0 Å². The molecule has 1 atom stereocenters. The van der Waals surface area contributed by atoms with Crippen molar-refractivity contribution < 1.29 is 4.79 Å². The lowest BCUT2D eigenvalue weighted by molar-refractivity contribution is 0.0929. The van der Waals surface area contributed by atoms with Gasteiger partial charge < -0.3 is 10.3 Å². The van der Waals surface area contributed by atoms with E-state index in [9.17, 15) is 4.79 Å². The molecular weight excluding hydrogens is 400 g/mol. The Morgan fingerprint density at radius 1 is 0.906 bits per heavy atom. The first-order valence-corrected chi connectivity index (χ1v) is 10.2. The highest BCUT2D eigenvalue weighted by Crippen LogP contribution is 2.30. The van der Waals surface area contributed by atoms with E-state index in [0.717, 1.165) is 38.9 Å². The van der Waals surface area contributed by atoms with Gasteiger partial charge in [0.15, 0.2) is 0 Å². The van der Waals surface area contributed by atoms with E-state index in [2.05, 4.69) is 36.3 Å². The highest BCUT2D eigenvalue weighted by molar-refractivity contribution is 5.96. The number of nitrogens with one attached hydrogen (secondary N) is 2. The van der Waals surface area contributed by atoms with Gasteiger partial charge in [0.1, 0.15) is 5.65 Å². The van der Waals surface area contributed by atoms with Gasteiger partial charge in [0.2, 0.25) is 5.82 Å². The van der Waals surface area contributed by atoms with Crippen molar-refractivity contribution in [1.29, 1.82) is 0 Å². The maximum atomic E-state index is 12.6. The van der Waals surface area contributed by atoms with Crippen molar-refractivity contribution in [2.75, 3.05) is 0 Å². The average Bonchev–Trinajstić information content (AvgIpc) is 3.28. The molecule has 0 fully saturated rings. The van der Waals surface area contributed by atoms with Gasteiger partial charge >= 0.3 is 0 Å². The molecule has 1 unspecified atom stereocenters. The number of rotatable bonds is 5. The summed E-state index contributed by atoms with van der Waals surface area (Å²) in [6, 6.07) is 15.6. The molecule has 156 valence electrons. The van der Waals surface area contributed by atoms with Gasteiger partial charge in [-0.15, -0.1) is 0 Å². The van der Waals surface area contributed by atoms with E-state index in [1.807, 2.05) is 61.8 Å². The van der Waals surface area contributed by atoms with E-state index in [-0.39, 0.29) is 17.8 Å². The molecule has 1 aromatic carbocycles. The SMILES string of the molecule is CC(NC(=O)c1ncc(-c2c[nH]c3ncc(-c4ccncc4)cc23)cn1)c1ccccc1. The summed E-state index contributed by atoms with van der Waals surface area (Å²) >= 11 is 0. The van der Waals surface area contributed by atoms with Crippen LogP contribution in [0.25, 0.3) is 33.3 Å². The molecule has 0 bridgehead atoms. The topological polar surface area (TPSA) is 96.5 Å². The van der Waals surface area contributed by atoms with Crippen molar-refractivity contribution in [3.8, 4) is 22.3 Å². The number of H-pyrrole nitrogens is 1. The Hall–Kier alpha value is -4.39. The molecule has 0 saturated carbocycles. The minimum absolute atomic E-state index is 0.131. The molecule has 32 heavy (non-hydrogen) atoms. The zero-order chi connectivity index (χ0) is 21.9. The number of carbonyl (C=O) groups excluding carboxylic acids is 1. The average molecular weight is 420 g/mol. The summed E-state index contributed by atoms with van der Waals surface area (Å²) in [5.74, 6) is -0.180. The van der Waals surface area contributed by atoms with Gasteiger partial charge in [-0.05, 0) is 36.2 Å². The van der Waals surface area contributed by atoms with Crippen molar-refractivity contribution in [1.82, 2.24) is 30.2 Å². The first-order valence-electron chi connectivity index (χ1n) is 10.2. The molecule has 2 N–H and O–H groups in total. The van der Waals surface area contributed by atoms with Crippen LogP contribution in [-0.2, 0) is 0 Å². The number of pyridine rings is 2. The molecule has 7 nitrogen and oxygen atoms in total. The summed E-state index contributed by atoms with van der Waals surface area (Å²) in [6.45, 7) is 1.93. The third kappa shape index (κ3) is 3.83. The molecule has 5 rings (SSSR count). The molecular formula is C25H20N6O. The van der Waals surface area contributed by atoms with Crippen molar-refractivity contribution >= 4 is 16.9 Å². The zero-order valence-electron chi connectivity index (χ0n) is 17.4. The van der Waals surface area contributed by atoms with Gasteiger partial charge in [0.05, 0.1) is 6.04 Å². The standard InChI is InChI=1S/C25H20N6O/c1-16(17-5-3-2-4-6-17)31-25(32)24-28-13-20(14-29-24)22-15-30-23-21(22)11-19(12-27-23)18-7-9-26-10-8-18/h2-16H,1H3,(H,27,30)(H,31,32). The van der Waals surface area contributed by atoms with E-state index < -0.39 is 0 Å². The second kappa shape index (κ2) is 8.39. The molecule has 4 heterocycles. The third-order valence-corrected chi connectivity index (χ3v) is 5.36. The lowest BCUT2D eigenvalue weighted by atomic mass is 10.0. The fraction of sp³-hybridized carbons (Fsp3) is 0.0800. The monoisotopic (exact) mass is 420 g/mol. The van der Waals surface area contributed by atoms with Crippen LogP contribution in [-0.4, -0.2) is 30.8 Å². The smallest absolute Gasteiger partial charge is 0.289 e. The van der Waals surface area contributed by atoms with E-state index in [1.54, 1.807) is 24.8 Å². The number of benzene rings is 1. The van der Waals surface area contributed by atoms with Crippen LogP contribution in [0.2, 0.25) is 0 Å². The number of fused-ring (bicyclic) bond motifs is 1. The third-order valence-electron chi connectivity index (χ3n) is 5.36. The summed E-state index contributed by atoms with van der Waals surface area (Å²) in [7, 11) is 0. The fourth-order valence-electron chi connectivity index (χ4n) is 3.62. The Balaban J connectivity index is 1.39. The van der Waals surface area contributed by atoms with Crippen LogP contribution in [0.4, 0.5) is 0 Å². The summed E-state index contributed by atoms with van der Waals surface area (Å²) in [6.07, 6.45) is 10.6. The zero-order valence-corrected chi connectivity index (χ0v) is 17.4. The van der Waals surface area contributed by atoms with Gasteiger partial charge in [0, 0.05) is 59.3 Å². The number of amides is 1. The molecule has 0 saturated heterocycles. The van der Waals surface area contributed by atoms with Crippen molar-refractivity contribution in [3.05, 3.63) is 97.1 Å². The van der Waals surface area contributed by atoms with Gasteiger partial charge in [-0.2, -0.15) is 0 Å². The van der Waals surface area contributed by atoms with Crippen LogP contribution in [0.1, 0.15) is 29.1 Å². The normalized spacial score (nSPS) is 11.9. The molecule has 0 aliphatic rings. The Morgan fingerprint density at radius 3 is 2.38 bits per heavy atom. The highest BCUT2D eigenvalue weighted by atomic mass is 16.2. The number of hydrogen-bond donors (Lipinski definition) is 2. The first-order chi connectivity index (χ1) is 15.7. The maximum absolute atomic E-state index is 12.6. The first kappa shape index (κ1) is 19.6. The van der Waals surface area contributed by atoms with Gasteiger partial charge in [-0.3, -0.25) is 9.78 Å². The number of aromatic nitrogens is 5. The molecule has 7 heteroatoms. The Labute approximate surface area is 184 Å². The largest absolute Gasteiger partial charge is 0.346 e. The highest BCUT2D eigenvalue weighted by Gasteiger charge is 2.15. The van der Waals surface area contributed by atoms with Crippen LogP contribution in [0.15, 0.2) is 85.7 Å². The van der Waals surface area contributed by atoms with Crippen molar-refractivity contribution in [3.63, 3.8) is 0 Å². The van der Waals surface area contributed by atoms with Crippen LogP contribution in [0.5, 0.6) is 0 Å². The number of aromatic amines is 1. The number of nitrogens with zero attached hydrogens (tertiary/aromatic N) is 4. The Morgan fingerprint density at radius 2 is 1.62 bits per heavy atom. The lowest BCUT2D eigenvalue weighted by Gasteiger charge is -2.13. The minimum atomic E-state index is -0.312. The molecule has 0 radical (unpaired) electrons. The van der Waals surface area contributed by atoms with E-state index >= 15 is 0 Å². The second-order valence-electron chi connectivity index (χ2n) is 7.46. The van der Waals surface area contributed by atoms with Gasteiger partial charge in [-0.25, -0.2) is 15.0 Å². The second-order valence-corrected chi connectivity index (χ2v) is 7.46. The van der Waals surface area contributed by atoms with Crippen molar-refractivity contribution in [2.45, 2.75) is 13.0 Å². The maximum Gasteiger partial charge on any atom is 0.289 e. The summed E-state index contributed by atoms with van der Waals surface area (Å²) in [5.41, 5.74) is 5.56. The summed E-state index contributed by atoms with van der Waals surface area (Å²) in [5, 5.41) is 3.89. The fourth-order valence-corrected chi connectivity index (χ4v) is 3.62. The van der Waals surface area contributed by atoms with Gasteiger partial charge in [-0.1, -0.05) is 30.3 Å².